The zero-order valence-electron chi connectivity index (χ0n) is 5.54. The Morgan fingerprint density at radius 2 is 1.25 bits per heavy atom. The molecule has 0 aliphatic heterocycles. The van der Waals surface area contributed by atoms with E-state index < -0.39 is 23.3 Å². The van der Waals surface area contributed by atoms with Crippen LogP contribution < -0.4 is 0 Å². The van der Waals surface area contributed by atoms with Gasteiger partial charge in [-0.3, -0.25) is 0 Å². The summed E-state index contributed by atoms with van der Waals surface area (Å²) in [6.07, 6.45) is 0. The summed E-state index contributed by atoms with van der Waals surface area (Å²) in [6, 6.07) is 2.58. The topological polar surface area (TPSA) is 73.4 Å². The Kier molecular flexibility index (Phi) is 1.93. The van der Waals surface area contributed by atoms with Gasteiger partial charge in [-0.1, -0.05) is 0 Å². The molecule has 12 heavy (non-hydrogen) atoms. The molecule has 0 aliphatic carbocycles. The Morgan fingerprint density at radius 3 is 1.50 bits per heavy atom. The highest BCUT2D eigenvalue weighted by Gasteiger charge is 2.12. The van der Waals surface area contributed by atoms with E-state index in [2.05, 4.69) is 9.97 Å². The first-order chi connectivity index (χ1) is 5.69. The van der Waals surface area contributed by atoms with E-state index >= 15 is 0 Å². The van der Waals surface area contributed by atoms with Crippen molar-refractivity contribution in [3.63, 3.8) is 0 Å². The molecule has 58 valence electrons. The summed E-state index contributed by atoms with van der Waals surface area (Å²) in [6.45, 7) is 0. The summed E-state index contributed by atoms with van der Waals surface area (Å²) in [5.41, 5.74) is -1.52. The molecule has 0 unspecified atom stereocenters. The summed E-state index contributed by atoms with van der Waals surface area (Å²) in [5.74, 6) is -2.48. The van der Waals surface area contributed by atoms with Gasteiger partial charge in [0.15, 0.2) is 11.4 Å². The van der Waals surface area contributed by atoms with Crippen molar-refractivity contribution >= 4 is 0 Å². The van der Waals surface area contributed by atoms with Crippen LogP contribution in [0.4, 0.5) is 8.78 Å². The number of rotatable bonds is 0. The zero-order valence-corrected chi connectivity index (χ0v) is 5.54. The molecule has 1 heterocycles. The first-order valence-electron chi connectivity index (χ1n) is 2.72. The standard InChI is InChI=1S/C6F2N4/c7-5-3(1-9)11-6(8)4(2-10)12-5. The summed E-state index contributed by atoms with van der Waals surface area (Å²) in [4.78, 5) is 5.75. The molecule has 0 atom stereocenters. The van der Waals surface area contributed by atoms with Gasteiger partial charge in [0.2, 0.25) is 0 Å². The molecule has 1 rings (SSSR count). The van der Waals surface area contributed by atoms with E-state index in [1.54, 1.807) is 0 Å². The van der Waals surface area contributed by atoms with Crippen LogP contribution in [0, 0.1) is 34.6 Å². The first-order valence-corrected chi connectivity index (χ1v) is 2.72. The van der Waals surface area contributed by atoms with Crippen molar-refractivity contribution in [2.45, 2.75) is 0 Å². The number of nitrogens with zero attached hydrogens (tertiary/aromatic N) is 4. The molecule has 0 saturated heterocycles. The number of nitriles is 2. The summed E-state index contributed by atoms with van der Waals surface area (Å²) in [5, 5.41) is 16.3. The molecule has 4 nitrogen and oxygen atoms in total. The van der Waals surface area contributed by atoms with E-state index in [1.165, 1.54) is 12.1 Å². The predicted octanol–water partition coefficient (Wildman–Crippen LogP) is 0.498. The zero-order chi connectivity index (χ0) is 9.14. The van der Waals surface area contributed by atoms with Crippen LogP contribution in [0.1, 0.15) is 11.4 Å². The molecule has 0 saturated carbocycles. The van der Waals surface area contributed by atoms with Crippen molar-refractivity contribution in [1.82, 2.24) is 9.97 Å². The Labute approximate surface area is 65.7 Å². The Morgan fingerprint density at radius 1 is 0.917 bits per heavy atom. The summed E-state index contributed by atoms with van der Waals surface area (Å²) in [7, 11) is 0. The Balaban J connectivity index is 3.41. The number of halogens is 2. The predicted molar refractivity (Wildman–Crippen MR) is 31.4 cm³/mol. The Bertz CT molecular complexity index is 361. The Hall–Kier alpha value is -2.08. The van der Waals surface area contributed by atoms with Crippen molar-refractivity contribution < 1.29 is 8.78 Å². The van der Waals surface area contributed by atoms with Crippen LogP contribution in [0.2, 0.25) is 0 Å². The second kappa shape index (κ2) is 2.89. The normalized spacial score (nSPS) is 8.67. The quantitative estimate of drug-likeness (QED) is 0.562. The fourth-order valence-corrected chi connectivity index (χ4v) is 0.537. The molecule has 0 spiro atoms. The highest BCUT2D eigenvalue weighted by molar-refractivity contribution is 5.24. The summed E-state index contributed by atoms with van der Waals surface area (Å²) < 4.78 is 25.0. The van der Waals surface area contributed by atoms with Crippen LogP contribution in [-0.2, 0) is 0 Å². The molecular formula is C6F2N4. The third kappa shape index (κ3) is 1.18. The van der Waals surface area contributed by atoms with E-state index in [4.69, 9.17) is 10.5 Å². The lowest BCUT2D eigenvalue weighted by atomic mass is 10.4. The molecule has 0 bridgehead atoms. The van der Waals surface area contributed by atoms with Gasteiger partial charge in [-0.25, -0.2) is 9.97 Å². The lowest BCUT2D eigenvalue weighted by molar-refractivity contribution is 0.519. The highest BCUT2D eigenvalue weighted by atomic mass is 19.1. The van der Waals surface area contributed by atoms with Crippen LogP contribution in [0.3, 0.4) is 0 Å². The molecular weight excluding hydrogens is 166 g/mol. The van der Waals surface area contributed by atoms with E-state index in [1.807, 2.05) is 0 Å². The first kappa shape index (κ1) is 8.02. The average molecular weight is 166 g/mol. The molecule has 1 aromatic rings. The van der Waals surface area contributed by atoms with Crippen molar-refractivity contribution in [3.05, 3.63) is 23.3 Å². The van der Waals surface area contributed by atoms with Gasteiger partial charge in [0.25, 0.3) is 11.9 Å². The molecule has 0 aromatic carbocycles. The molecule has 1 aromatic heterocycles. The second-order valence-corrected chi connectivity index (χ2v) is 1.73. The average Bonchev–Trinajstić information content (AvgIpc) is 2.08. The van der Waals surface area contributed by atoms with E-state index in [0.29, 0.717) is 0 Å². The number of hydrogen-bond donors (Lipinski definition) is 0. The molecule has 0 radical (unpaired) electrons. The van der Waals surface area contributed by atoms with Gasteiger partial charge in [-0.2, -0.15) is 19.3 Å². The van der Waals surface area contributed by atoms with Crippen LogP contribution >= 0.6 is 0 Å². The third-order valence-electron chi connectivity index (χ3n) is 1.02. The largest absolute Gasteiger partial charge is 0.251 e. The van der Waals surface area contributed by atoms with E-state index in [9.17, 15) is 8.78 Å². The SMILES string of the molecule is N#Cc1nc(F)c(C#N)nc1F. The lowest BCUT2D eigenvalue weighted by Crippen LogP contribution is -2.01. The van der Waals surface area contributed by atoms with Crippen LogP contribution in [-0.4, -0.2) is 9.97 Å². The van der Waals surface area contributed by atoms with Gasteiger partial charge in [0, 0.05) is 0 Å². The molecule has 0 amide bonds. The number of aromatic nitrogens is 2. The van der Waals surface area contributed by atoms with Crippen molar-refractivity contribution in [3.8, 4) is 12.1 Å². The second-order valence-electron chi connectivity index (χ2n) is 1.73. The fraction of sp³-hybridized carbons (Fsp3) is 0. The van der Waals surface area contributed by atoms with Crippen molar-refractivity contribution in [2.75, 3.05) is 0 Å². The van der Waals surface area contributed by atoms with Gasteiger partial charge >= 0.3 is 0 Å². The fourth-order valence-electron chi connectivity index (χ4n) is 0.537. The van der Waals surface area contributed by atoms with Gasteiger partial charge in [0.05, 0.1) is 0 Å². The highest BCUT2D eigenvalue weighted by Crippen LogP contribution is 2.04. The third-order valence-corrected chi connectivity index (χ3v) is 1.02. The molecule has 6 heteroatoms. The van der Waals surface area contributed by atoms with Crippen molar-refractivity contribution in [1.29, 1.82) is 10.5 Å². The molecule has 0 fully saturated rings. The van der Waals surface area contributed by atoms with Crippen molar-refractivity contribution in [2.24, 2.45) is 0 Å². The molecule has 0 aliphatic rings. The van der Waals surface area contributed by atoms with Gasteiger partial charge in [-0.15, -0.1) is 0 Å². The minimum absolute atomic E-state index is 0.758. The maximum absolute atomic E-state index is 12.5. The van der Waals surface area contributed by atoms with Crippen LogP contribution in [0.15, 0.2) is 0 Å². The monoisotopic (exact) mass is 166 g/mol. The minimum atomic E-state index is -1.24. The van der Waals surface area contributed by atoms with Gasteiger partial charge in [-0.05, 0) is 0 Å². The minimum Gasteiger partial charge on any atom is -0.201 e. The lowest BCUT2D eigenvalue weighted by Gasteiger charge is -1.92. The maximum Gasteiger partial charge on any atom is 0.251 e. The van der Waals surface area contributed by atoms with Gasteiger partial charge in [0.1, 0.15) is 12.1 Å². The molecule has 0 N–H and O–H groups in total. The number of hydrogen-bond acceptors (Lipinski definition) is 4. The van der Waals surface area contributed by atoms with E-state index in [-0.39, 0.29) is 0 Å². The van der Waals surface area contributed by atoms with Crippen LogP contribution in [0.25, 0.3) is 0 Å². The summed E-state index contributed by atoms with van der Waals surface area (Å²) >= 11 is 0. The van der Waals surface area contributed by atoms with Gasteiger partial charge < -0.3 is 0 Å². The smallest absolute Gasteiger partial charge is 0.201 e. The van der Waals surface area contributed by atoms with Crippen LogP contribution in [0.5, 0.6) is 0 Å². The maximum atomic E-state index is 12.5. The van der Waals surface area contributed by atoms with E-state index in [0.717, 1.165) is 0 Å².